The predicted octanol–water partition coefficient (Wildman–Crippen LogP) is 0.850. The zero-order chi connectivity index (χ0) is 14.4. The van der Waals surface area contributed by atoms with Crippen LogP contribution in [0.1, 0.15) is 44.9 Å². The van der Waals surface area contributed by atoms with Crippen LogP contribution in [-0.2, 0) is 14.6 Å². The number of sulfone groups is 1. The lowest BCUT2D eigenvalue weighted by Gasteiger charge is -2.16. The van der Waals surface area contributed by atoms with Crippen LogP contribution in [0.5, 0.6) is 0 Å². The average Bonchev–Trinajstić information content (AvgIpc) is 2.63. The monoisotopic (exact) mass is 302 g/mol. The smallest absolute Gasteiger partial charge is 0.224 e. The molecular weight excluding hydrogens is 276 g/mol. The second-order valence-electron chi connectivity index (χ2n) is 6.03. The van der Waals surface area contributed by atoms with E-state index in [2.05, 4.69) is 10.6 Å². The molecule has 0 radical (unpaired) electrons. The Hall–Kier alpha value is -0.620. The molecule has 5 nitrogen and oxygen atoms in total. The summed E-state index contributed by atoms with van der Waals surface area (Å²) in [5.41, 5.74) is 0. The Bertz CT molecular complexity index is 414. The summed E-state index contributed by atoms with van der Waals surface area (Å²) in [6, 6.07) is 0.585. The van der Waals surface area contributed by atoms with E-state index in [9.17, 15) is 13.2 Å². The van der Waals surface area contributed by atoms with Crippen LogP contribution in [0.25, 0.3) is 0 Å². The summed E-state index contributed by atoms with van der Waals surface area (Å²) in [4.78, 5) is 11.8. The average molecular weight is 302 g/mol. The Balaban J connectivity index is 1.60. The van der Waals surface area contributed by atoms with Crippen molar-refractivity contribution in [2.24, 2.45) is 5.92 Å². The maximum Gasteiger partial charge on any atom is 0.224 e. The number of carbonyl (C=O) groups is 1. The highest BCUT2D eigenvalue weighted by molar-refractivity contribution is 7.91. The Morgan fingerprint density at radius 3 is 2.30 bits per heavy atom. The minimum Gasteiger partial charge on any atom is -0.355 e. The van der Waals surface area contributed by atoms with Crippen LogP contribution in [0.15, 0.2) is 0 Å². The van der Waals surface area contributed by atoms with Crippen LogP contribution in [0.4, 0.5) is 0 Å². The number of hydrogen-bond acceptors (Lipinski definition) is 4. The van der Waals surface area contributed by atoms with Gasteiger partial charge < -0.3 is 10.6 Å². The van der Waals surface area contributed by atoms with Crippen molar-refractivity contribution in [3.63, 3.8) is 0 Å². The van der Waals surface area contributed by atoms with Gasteiger partial charge in [-0.05, 0) is 19.3 Å². The Kier molecular flexibility index (Phi) is 5.84. The fourth-order valence-corrected chi connectivity index (χ4v) is 4.83. The maximum atomic E-state index is 11.8. The third kappa shape index (κ3) is 5.05. The minimum atomic E-state index is -2.97. The van der Waals surface area contributed by atoms with E-state index in [-0.39, 0.29) is 23.3 Å². The SMILES string of the molecule is O=C(NCCNC1CCCCCC1)C1CCS(=O)(=O)C1. The van der Waals surface area contributed by atoms with Crippen LogP contribution < -0.4 is 10.6 Å². The van der Waals surface area contributed by atoms with Gasteiger partial charge in [0.05, 0.1) is 17.4 Å². The molecule has 1 aliphatic heterocycles. The largest absolute Gasteiger partial charge is 0.355 e. The lowest BCUT2D eigenvalue weighted by molar-refractivity contribution is -0.124. The third-order valence-corrected chi connectivity index (χ3v) is 6.08. The number of nitrogens with one attached hydrogen (secondary N) is 2. The van der Waals surface area contributed by atoms with Crippen LogP contribution in [0, 0.1) is 5.92 Å². The first kappa shape index (κ1) is 15.8. The highest BCUT2D eigenvalue weighted by atomic mass is 32.2. The Morgan fingerprint density at radius 2 is 1.70 bits per heavy atom. The van der Waals surface area contributed by atoms with Gasteiger partial charge in [0.2, 0.25) is 5.91 Å². The van der Waals surface area contributed by atoms with E-state index in [1.807, 2.05) is 0 Å². The van der Waals surface area contributed by atoms with Gasteiger partial charge in [0.25, 0.3) is 0 Å². The molecule has 0 bridgehead atoms. The van der Waals surface area contributed by atoms with Crippen molar-refractivity contribution >= 4 is 15.7 Å². The van der Waals surface area contributed by atoms with Crippen molar-refractivity contribution in [3.05, 3.63) is 0 Å². The van der Waals surface area contributed by atoms with Crippen molar-refractivity contribution in [1.82, 2.24) is 10.6 Å². The maximum absolute atomic E-state index is 11.8. The van der Waals surface area contributed by atoms with E-state index >= 15 is 0 Å². The lowest BCUT2D eigenvalue weighted by Crippen LogP contribution is -2.39. The molecule has 20 heavy (non-hydrogen) atoms. The molecule has 1 amide bonds. The van der Waals surface area contributed by atoms with E-state index in [4.69, 9.17) is 0 Å². The van der Waals surface area contributed by atoms with Gasteiger partial charge in [-0.2, -0.15) is 0 Å². The minimum absolute atomic E-state index is 0.0227. The molecule has 116 valence electrons. The van der Waals surface area contributed by atoms with E-state index in [0.29, 0.717) is 19.0 Å². The zero-order valence-electron chi connectivity index (χ0n) is 12.1. The molecule has 2 aliphatic rings. The lowest BCUT2D eigenvalue weighted by atomic mass is 10.1. The molecule has 1 aliphatic carbocycles. The van der Waals surface area contributed by atoms with Crippen molar-refractivity contribution < 1.29 is 13.2 Å². The van der Waals surface area contributed by atoms with E-state index < -0.39 is 9.84 Å². The molecule has 6 heteroatoms. The number of amides is 1. The molecule has 0 aromatic carbocycles. The summed E-state index contributed by atoms with van der Waals surface area (Å²) < 4.78 is 22.6. The molecule has 1 unspecified atom stereocenters. The predicted molar refractivity (Wildman–Crippen MR) is 79.3 cm³/mol. The first-order valence-electron chi connectivity index (χ1n) is 7.78. The van der Waals surface area contributed by atoms with Crippen LogP contribution in [0.2, 0.25) is 0 Å². The molecular formula is C14H26N2O3S. The highest BCUT2D eigenvalue weighted by Crippen LogP contribution is 2.18. The van der Waals surface area contributed by atoms with E-state index in [1.165, 1.54) is 38.5 Å². The summed E-state index contributed by atoms with van der Waals surface area (Å²) in [6.45, 7) is 1.36. The molecule has 0 aromatic heterocycles. The van der Waals surface area contributed by atoms with Crippen molar-refractivity contribution in [2.75, 3.05) is 24.6 Å². The van der Waals surface area contributed by atoms with Gasteiger partial charge in [0, 0.05) is 19.1 Å². The highest BCUT2D eigenvalue weighted by Gasteiger charge is 2.32. The standard InChI is InChI=1S/C14H26N2O3S/c17-14(12-7-10-20(18,19)11-12)16-9-8-15-13-5-3-1-2-4-6-13/h12-13,15H,1-11H2,(H,16,17). The molecule has 2 N–H and O–H groups in total. The van der Waals surface area contributed by atoms with Crippen molar-refractivity contribution in [3.8, 4) is 0 Å². The second-order valence-corrected chi connectivity index (χ2v) is 8.26. The van der Waals surface area contributed by atoms with Gasteiger partial charge in [0.1, 0.15) is 0 Å². The van der Waals surface area contributed by atoms with Gasteiger partial charge in [-0.15, -0.1) is 0 Å². The Labute approximate surface area is 121 Å². The summed E-state index contributed by atoms with van der Waals surface area (Å²) >= 11 is 0. The fraction of sp³-hybridized carbons (Fsp3) is 0.929. The second kappa shape index (κ2) is 7.41. The quantitative estimate of drug-likeness (QED) is 0.583. The molecule has 1 heterocycles. The summed E-state index contributed by atoms with van der Waals surface area (Å²) in [6.07, 6.45) is 8.21. The summed E-state index contributed by atoms with van der Waals surface area (Å²) in [7, 11) is -2.97. The van der Waals surface area contributed by atoms with Gasteiger partial charge in [-0.1, -0.05) is 25.7 Å². The molecule has 2 fully saturated rings. The van der Waals surface area contributed by atoms with Gasteiger partial charge in [-0.25, -0.2) is 8.42 Å². The molecule has 2 rings (SSSR count). The summed E-state index contributed by atoms with van der Waals surface area (Å²) in [5, 5.41) is 6.34. The van der Waals surface area contributed by atoms with E-state index in [1.54, 1.807) is 0 Å². The van der Waals surface area contributed by atoms with Gasteiger partial charge in [0.15, 0.2) is 9.84 Å². The van der Waals surface area contributed by atoms with Crippen molar-refractivity contribution in [2.45, 2.75) is 51.0 Å². The molecule has 1 atom stereocenters. The van der Waals surface area contributed by atoms with Gasteiger partial charge >= 0.3 is 0 Å². The topological polar surface area (TPSA) is 75.3 Å². The third-order valence-electron chi connectivity index (χ3n) is 4.32. The Morgan fingerprint density at radius 1 is 1.00 bits per heavy atom. The molecule has 1 saturated heterocycles. The first-order chi connectivity index (χ1) is 9.57. The van der Waals surface area contributed by atoms with Gasteiger partial charge in [-0.3, -0.25) is 4.79 Å². The van der Waals surface area contributed by atoms with Crippen LogP contribution >= 0.6 is 0 Å². The van der Waals surface area contributed by atoms with E-state index in [0.717, 1.165) is 6.54 Å². The molecule has 1 saturated carbocycles. The normalized spacial score (nSPS) is 27.1. The summed E-state index contributed by atoms with van der Waals surface area (Å²) in [5.74, 6) is -0.257. The fourth-order valence-electron chi connectivity index (χ4n) is 3.09. The molecule has 0 aromatic rings. The number of rotatable bonds is 5. The zero-order valence-corrected chi connectivity index (χ0v) is 12.9. The first-order valence-corrected chi connectivity index (χ1v) is 9.60. The van der Waals surface area contributed by atoms with Crippen molar-refractivity contribution in [1.29, 1.82) is 0 Å². The van der Waals surface area contributed by atoms with Crippen LogP contribution in [-0.4, -0.2) is 45.0 Å². The number of hydrogen-bond donors (Lipinski definition) is 2. The van der Waals surface area contributed by atoms with Crippen LogP contribution in [0.3, 0.4) is 0 Å². The number of carbonyl (C=O) groups excluding carboxylic acids is 1. The molecule has 0 spiro atoms.